The fraction of sp³-hybridized carbons (Fsp3) is 0.364. The summed E-state index contributed by atoms with van der Waals surface area (Å²) in [5.41, 5.74) is 1.20. The number of methoxy groups -OCH3 is 1. The van der Waals surface area contributed by atoms with Gasteiger partial charge in [0.05, 0.1) is 7.11 Å². The Morgan fingerprint density at radius 1 is 1.04 bits per heavy atom. The molecule has 28 heavy (non-hydrogen) atoms. The van der Waals surface area contributed by atoms with E-state index in [1.165, 1.54) is 0 Å². The first-order chi connectivity index (χ1) is 13.5. The van der Waals surface area contributed by atoms with Crippen LogP contribution in [0.1, 0.15) is 37.0 Å². The van der Waals surface area contributed by atoms with E-state index in [1.807, 2.05) is 0 Å². The number of nitrogens with one attached hydrogen (secondary N) is 2. The van der Waals surface area contributed by atoms with Crippen molar-refractivity contribution in [3.63, 3.8) is 0 Å². The molecule has 0 aliphatic rings. The summed E-state index contributed by atoms with van der Waals surface area (Å²) >= 11 is 0. The number of amides is 2. The zero-order chi connectivity index (χ0) is 20.4. The number of ether oxygens (including phenoxy) is 2. The van der Waals surface area contributed by atoms with Crippen LogP contribution < -0.4 is 20.1 Å². The minimum atomic E-state index is -0.278. The summed E-state index contributed by atoms with van der Waals surface area (Å²) in [6.45, 7) is 4.87. The van der Waals surface area contributed by atoms with E-state index in [-0.39, 0.29) is 18.4 Å². The van der Waals surface area contributed by atoms with Crippen LogP contribution >= 0.6 is 0 Å². The highest BCUT2D eigenvalue weighted by Crippen LogP contribution is 2.17. The lowest BCUT2D eigenvalue weighted by atomic mass is 10.1. The number of hydrogen-bond acceptors (Lipinski definition) is 4. The minimum Gasteiger partial charge on any atom is -0.497 e. The Labute approximate surface area is 166 Å². The van der Waals surface area contributed by atoms with E-state index in [2.05, 4.69) is 24.5 Å². The lowest BCUT2D eigenvalue weighted by molar-refractivity contribution is -0.118. The molecule has 0 fully saturated rings. The topological polar surface area (TPSA) is 76.7 Å². The van der Waals surface area contributed by atoms with Crippen molar-refractivity contribution in [1.29, 1.82) is 0 Å². The summed E-state index contributed by atoms with van der Waals surface area (Å²) in [4.78, 5) is 24.1. The molecule has 6 heteroatoms. The molecule has 0 bridgehead atoms. The monoisotopic (exact) mass is 384 g/mol. The van der Waals surface area contributed by atoms with E-state index in [1.54, 1.807) is 55.6 Å². The number of carbonyl (C=O) groups excluding carboxylic acids is 2. The van der Waals surface area contributed by atoms with Gasteiger partial charge in [0.2, 0.25) is 0 Å². The third kappa shape index (κ3) is 7.31. The van der Waals surface area contributed by atoms with Gasteiger partial charge in [0.1, 0.15) is 11.5 Å². The van der Waals surface area contributed by atoms with Crippen LogP contribution in [0.3, 0.4) is 0 Å². The van der Waals surface area contributed by atoms with Gasteiger partial charge in [0, 0.05) is 23.9 Å². The van der Waals surface area contributed by atoms with Crippen molar-refractivity contribution in [2.75, 3.05) is 25.6 Å². The lowest BCUT2D eigenvalue weighted by Gasteiger charge is -2.10. The Hall–Kier alpha value is -3.02. The van der Waals surface area contributed by atoms with E-state index in [9.17, 15) is 9.59 Å². The summed E-state index contributed by atoms with van der Waals surface area (Å²) in [5, 5.41) is 5.65. The first kappa shape index (κ1) is 21.3. The maximum atomic E-state index is 12.1. The largest absolute Gasteiger partial charge is 0.497 e. The Balaban J connectivity index is 1.77. The van der Waals surface area contributed by atoms with Gasteiger partial charge >= 0.3 is 0 Å². The van der Waals surface area contributed by atoms with E-state index in [0.29, 0.717) is 35.2 Å². The lowest BCUT2D eigenvalue weighted by Crippen LogP contribution is -2.24. The molecule has 0 spiro atoms. The van der Waals surface area contributed by atoms with Gasteiger partial charge < -0.3 is 20.1 Å². The van der Waals surface area contributed by atoms with Gasteiger partial charge in [-0.1, -0.05) is 19.9 Å². The molecule has 2 aromatic rings. The highest BCUT2D eigenvalue weighted by molar-refractivity contribution is 5.94. The van der Waals surface area contributed by atoms with Crippen LogP contribution in [-0.4, -0.2) is 32.1 Å². The summed E-state index contributed by atoms with van der Waals surface area (Å²) in [6.07, 6.45) is 2.05. The fourth-order valence-corrected chi connectivity index (χ4v) is 2.56. The van der Waals surface area contributed by atoms with Crippen LogP contribution in [-0.2, 0) is 4.79 Å². The third-order valence-corrected chi connectivity index (χ3v) is 4.08. The molecule has 0 saturated carbocycles. The van der Waals surface area contributed by atoms with Crippen molar-refractivity contribution in [3.8, 4) is 11.5 Å². The molecule has 2 N–H and O–H groups in total. The van der Waals surface area contributed by atoms with Crippen molar-refractivity contribution in [2.24, 2.45) is 5.92 Å². The Morgan fingerprint density at radius 2 is 1.79 bits per heavy atom. The predicted octanol–water partition coefficient (Wildman–Crippen LogP) is 3.88. The summed E-state index contributed by atoms with van der Waals surface area (Å²) in [5.74, 6) is 1.44. The summed E-state index contributed by atoms with van der Waals surface area (Å²) in [7, 11) is 1.57. The maximum Gasteiger partial charge on any atom is 0.262 e. The van der Waals surface area contributed by atoms with Gasteiger partial charge in [-0.05, 0) is 55.2 Å². The average molecular weight is 384 g/mol. The molecular formula is C22H28N2O4. The molecule has 0 aliphatic heterocycles. The van der Waals surface area contributed by atoms with Crippen LogP contribution in [0, 0.1) is 5.92 Å². The fourth-order valence-electron chi connectivity index (χ4n) is 2.56. The second-order valence-corrected chi connectivity index (χ2v) is 6.89. The molecular weight excluding hydrogens is 356 g/mol. The Kier molecular flexibility index (Phi) is 8.34. The zero-order valence-electron chi connectivity index (χ0n) is 16.7. The van der Waals surface area contributed by atoms with E-state index < -0.39 is 0 Å². The van der Waals surface area contributed by atoms with Crippen molar-refractivity contribution < 1.29 is 19.1 Å². The molecule has 0 atom stereocenters. The van der Waals surface area contributed by atoms with E-state index in [4.69, 9.17) is 9.47 Å². The van der Waals surface area contributed by atoms with Crippen LogP contribution in [0.15, 0.2) is 48.5 Å². The second kappa shape index (κ2) is 11.0. The summed E-state index contributed by atoms with van der Waals surface area (Å²) < 4.78 is 10.6. The zero-order valence-corrected chi connectivity index (χ0v) is 16.7. The molecule has 0 aromatic heterocycles. The van der Waals surface area contributed by atoms with Gasteiger partial charge in [-0.2, -0.15) is 0 Å². The number of anilines is 1. The second-order valence-electron chi connectivity index (χ2n) is 6.89. The number of rotatable bonds is 10. The highest BCUT2D eigenvalue weighted by atomic mass is 16.5. The Bertz CT molecular complexity index is 772. The maximum absolute atomic E-state index is 12.1. The smallest absolute Gasteiger partial charge is 0.262 e. The molecule has 2 aromatic carbocycles. The summed E-state index contributed by atoms with van der Waals surface area (Å²) in [6, 6.07) is 13.8. The first-order valence-electron chi connectivity index (χ1n) is 9.43. The van der Waals surface area contributed by atoms with Crippen molar-refractivity contribution in [1.82, 2.24) is 5.32 Å². The van der Waals surface area contributed by atoms with Crippen LogP contribution in [0.2, 0.25) is 0 Å². The minimum absolute atomic E-state index is 0.105. The van der Waals surface area contributed by atoms with Crippen LogP contribution in [0.4, 0.5) is 5.69 Å². The van der Waals surface area contributed by atoms with Gasteiger partial charge in [-0.3, -0.25) is 9.59 Å². The molecule has 150 valence electrons. The van der Waals surface area contributed by atoms with E-state index >= 15 is 0 Å². The number of benzene rings is 2. The molecule has 0 unspecified atom stereocenters. The standard InChI is InChI=1S/C22H28N2O4/c1-16(2)6-5-13-23-22(26)17-9-11-19(12-10-17)28-15-21(25)24-18-7-4-8-20(14-18)27-3/h4,7-12,14,16H,5-6,13,15H2,1-3H3,(H,23,26)(H,24,25). The predicted molar refractivity (Wildman–Crippen MR) is 110 cm³/mol. The molecule has 0 heterocycles. The van der Waals surface area contributed by atoms with Gasteiger partial charge in [-0.15, -0.1) is 0 Å². The molecule has 0 saturated heterocycles. The molecule has 2 rings (SSSR count). The third-order valence-electron chi connectivity index (χ3n) is 4.08. The molecule has 0 radical (unpaired) electrons. The van der Waals surface area contributed by atoms with Gasteiger partial charge in [-0.25, -0.2) is 0 Å². The molecule has 6 nitrogen and oxygen atoms in total. The van der Waals surface area contributed by atoms with Crippen molar-refractivity contribution in [3.05, 3.63) is 54.1 Å². The van der Waals surface area contributed by atoms with Crippen molar-refractivity contribution in [2.45, 2.75) is 26.7 Å². The van der Waals surface area contributed by atoms with Crippen LogP contribution in [0.5, 0.6) is 11.5 Å². The normalized spacial score (nSPS) is 10.4. The van der Waals surface area contributed by atoms with E-state index in [0.717, 1.165) is 12.8 Å². The number of hydrogen-bond donors (Lipinski definition) is 2. The van der Waals surface area contributed by atoms with Crippen LogP contribution in [0.25, 0.3) is 0 Å². The quantitative estimate of drug-likeness (QED) is 0.610. The molecule has 0 aliphatic carbocycles. The van der Waals surface area contributed by atoms with Gasteiger partial charge in [0.25, 0.3) is 11.8 Å². The SMILES string of the molecule is COc1cccc(NC(=O)COc2ccc(C(=O)NCCCC(C)C)cc2)c1. The number of carbonyl (C=O) groups is 2. The van der Waals surface area contributed by atoms with Crippen molar-refractivity contribution >= 4 is 17.5 Å². The Morgan fingerprint density at radius 3 is 2.46 bits per heavy atom. The first-order valence-corrected chi connectivity index (χ1v) is 9.43. The van der Waals surface area contributed by atoms with Gasteiger partial charge in [0.15, 0.2) is 6.61 Å². The average Bonchev–Trinajstić information content (AvgIpc) is 2.70. The molecule has 2 amide bonds. The highest BCUT2D eigenvalue weighted by Gasteiger charge is 2.07.